The van der Waals surface area contributed by atoms with Gasteiger partial charge in [-0.15, -0.1) is 0 Å². The molecule has 19 heavy (non-hydrogen) atoms. The van der Waals surface area contributed by atoms with Gasteiger partial charge >= 0.3 is 0 Å². The highest BCUT2D eigenvalue weighted by Gasteiger charge is 2.17. The summed E-state index contributed by atoms with van der Waals surface area (Å²) < 4.78 is 6.50. The summed E-state index contributed by atoms with van der Waals surface area (Å²) in [6, 6.07) is 1.50. The first-order valence-electron chi connectivity index (χ1n) is 5.60. The molecule has 0 aliphatic rings. The van der Waals surface area contributed by atoms with E-state index in [2.05, 4.69) is 15.1 Å². The van der Waals surface area contributed by atoms with Crippen molar-refractivity contribution in [1.29, 1.82) is 0 Å². The summed E-state index contributed by atoms with van der Waals surface area (Å²) in [4.78, 5) is 20.0. The standard InChI is InChI=1S/C12H13ClN4O2/c1-7-8(12(13)17(2)16-7)4-10(18)9-5-11(19-3)15-6-14-9/h5-6H,4H2,1-3H3. The molecule has 0 radical (unpaired) electrons. The van der Waals surface area contributed by atoms with E-state index in [9.17, 15) is 4.79 Å². The fourth-order valence-corrected chi connectivity index (χ4v) is 1.97. The van der Waals surface area contributed by atoms with E-state index in [1.807, 2.05) is 6.92 Å². The van der Waals surface area contributed by atoms with Gasteiger partial charge < -0.3 is 4.74 Å². The van der Waals surface area contributed by atoms with E-state index in [1.165, 1.54) is 19.5 Å². The van der Waals surface area contributed by atoms with Crippen molar-refractivity contribution in [3.63, 3.8) is 0 Å². The van der Waals surface area contributed by atoms with Gasteiger partial charge in [0.2, 0.25) is 5.88 Å². The lowest BCUT2D eigenvalue weighted by atomic mass is 10.1. The molecule has 2 rings (SSSR count). The Morgan fingerprint density at radius 1 is 1.47 bits per heavy atom. The predicted molar refractivity (Wildman–Crippen MR) is 69.6 cm³/mol. The van der Waals surface area contributed by atoms with Gasteiger partial charge in [-0.05, 0) is 6.92 Å². The number of rotatable bonds is 4. The van der Waals surface area contributed by atoms with Crippen molar-refractivity contribution in [2.75, 3.05) is 7.11 Å². The average molecular weight is 281 g/mol. The van der Waals surface area contributed by atoms with Crippen LogP contribution in [0.4, 0.5) is 0 Å². The van der Waals surface area contributed by atoms with E-state index in [-0.39, 0.29) is 12.2 Å². The van der Waals surface area contributed by atoms with E-state index >= 15 is 0 Å². The number of hydrogen-bond donors (Lipinski definition) is 0. The first-order chi connectivity index (χ1) is 9.02. The maximum Gasteiger partial charge on any atom is 0.216 e. The van der Waals surface area contributed by atoms with Crippen molar-refractivity contribution < 1.29 is 9.53 Å². The molecule has 0 aliphatic heterocycles. The Kier molecular flexibility index (Phi) is 3.80. The Bertz CT molecular complexity index is 624. The molecule has 0 atom stereocenters. The van der Waals surface area contributed by atoms with Crippen LogP contribution < -0.4 is 4.74 Å². The maximum atomic E-state index is 12.2. The third kappa shape index (κ3) is 2.73. The molecule has 0 aromatic carbocycles. The zero-order valence-corrected chi connectivity index (χ0v) is 11.6. The number of carbonyl (C=O) groups is 1. The van der Waals surface area contributed by atoms with Crippen molar-refractivity contribution in [3.8, 4) is 5.88 Å². The molecular formula is C12H13ClN4O2. The zero-order valence-electron chi connectivity index (χ0n) is 10.8. The molecule has 0 bridgehead atoms. The van der Waals surface area contributed by atoms with Crippen molar-refractivity contribution in [2.45, 2.75) is 13.3 Å². The highest BCUT2D eigenvalue weighted by molar-refractivity contribution is 6.30. The van der Waals surface area contributed by atoms with E-state index in [4.69, 9.17) is 16.3 Å². The van der Waals surface area contributed by atoms with Gasteiger partial charge in [0.05, 0.1) is 12.8 Å². The van der Waals surface area contributed by atoms with Crippen LogP contribution in [0.25, 0.3) is 0 Å². The van der Waals surface area contributed by atoms with Crippen LogP contribution in [-0.4, -0.2) is 32.6 Å². The molecule has 0 saturated carbocycles. The second-order valence-corrected chi connectivity index (χ2v) is 4.38. The SMILES string of the molecule is COc1cc(C(=O)Cc2c(C)nn(C)c2Cl)ncn1. The van der Waals surface area contributed by atoms with Crippen LogP contribution in [-0.2, 0) is 13.5 Å². The highest BCUT2D eigenvalue weighted by Crippen LogP contribution is 2.20. The molecule has 0 amide bonds. The van der Waals surface area contributed by atoms with Gasteiger partial charge in [0, 0.05) is 25.1 Å². The number of hydrogen-bond acceptors (Lipinski definition) is 5. The van der Waals surface area contributed by atoms with Gasteiger partial charge in [0.1, 0.15) is 17.2 Å². The summed E-state index contributed by atoms with van der Waals surface area (Å²) in [5, 5.41) is 4.63. The number of aromatic nitrogens is 4. The van der Waals surface area contributed by atoms with E-state index in [0.717, 1.165) is 5.69 Å². The minimum absolute atomic E-state index is 0.151. The Morgan fingerprint density at radius 2 is 2.21 bits per heavy atom. The van der Waals surface area contributed by atoms with Crippen LogP contribution in [0, 0.1) is 6.92 Å². The third-order valence-electron chi connectivity index (χ3n) is 2.74. The largest absolute Gasteiger partial charge is 0.481 e. The monoisotopic (exact) mass is 280 g/mol. The molecule has 7 heteroatoms. The van der Waals surface area contributed by atoms with E-state index < -0.39 is 0 Å². The fourth-order valence-electron chi connectivity index (χ4n) is 1.73. The lowest BCUT2D eigenvalue weighted by molar-refractivity contribution is 0.0987. The van der Waals surface area contributed by atoms with Crippen LogP contribution in [0.3, 0.4) is 0 Å². The zero-order chi connectivity index (χ0) is 14.0. The van der Waals surface area contributed by atoms with Gasteiger partial charge in [-0.1, -0.05) is 11.6 Å². The third-order valence-corrected chi connectivity index (χ3v) is 3.22. The number of Topliss-reactive ketones (excluding diaryl/α,β-unsaturated/α-hetero) is 1. The lowest BCUT2D eigenvalue weighted by Gasteiger charge is -2.02. The average Bonchev–Trinajstić information content (AvgIpc) is 2.65. The molecule has 0 saturated heterocycles. The van der Waals surface area contributed by atoms with Gasteiger partial charge in [-0.3, -0.25) is 9.48 Å². The lowest BCUT2D eigenvalue weighted by Crippen LogP contribution is -2.07. The Labute approximate surface area is 115 Å². The second kappa shape index (κ2) is 5.36. The van der Waals surface area contributed by atoms with E-state index in [1.54, 1.807) is 11.7 Å². The maximum absolute atomic E-state index is 12.2. The Morgan fingerprint density at radius 3 is 2.79 bits per heavy atom. The fraction of sp³-hybridized carbons (Fsp3) is 0.333. The van der Waals surface area contributed by atoms with Gasteiger partial charge in [-0.2, -0.15) is 5.10 Å². The number of ether oxygens (including phenoxy) is 1. The molecule has 0 unspecified atom stereocenters. The van der Waals surface area contributed by atoms with Crippen molar-refractivity contribution in [3.05, 3.63) is 34.5 Å². The summed E-state index contributed by atoms with van der Waals surface area (Å²) in [5.41, 5.74) is 1.75. The summed E-state index contributed by atoms with van der Waals surface area (Å²) >= 11 is 6.09. The van der Waals surface area contributed by atoms with Crippen LogP contribution >= 0.6 is 11.6 Å². The highest BCUT2D eigenvalue weighted by atomic mass is 35.5. The minimum atomic E-state index is -0.154. The number of nitrogens with zero attached hydrogens (tertiary/aromatic N) is 4. The second-order valence-electron chi connectivity index (χ2n) is 4.02. The Hall–Kier alpha value is -1.95. The van der Waals surface area contributed by atoms with Gasteiger partial charge in [0.15, 0.2) is 5.78 Å². The topological polar surface area (TPSA) is 69.9 Å². The van der Waals surface area contributed by atoms with Crippen LogP contribution in [0.2, 0.25) is 5.15 Å². The molecule has 2 aromatic rings. The smallest absolute Gasteiger partial charge is 0.216 e. The molecule has 100 valence electrons. The number of carbonyl (C=O) groups excluding carboxylic acids is 1. The molecule has 0 aliphatic carbocycles. The van der Waals surface area contributed by atoms with Crippen molar-refractivity contribution in [1.82, 2.24) is 19.7 Å². The first-order valence-corrected chi connectivity index (χ1v) is 5.98. The number of ketones is 1. The van der Waals surface area contributed by atoms with Crippen molar-refractivity contribution >= 4 is 17.4 Å². The van der Waals surface area contributed by atoms with Gasteiger partial charge in [0.25, 0.3) is 0 Å². The van der Waals surface area contributed by atoms with Crippen LogP contribution in [0.1, 0.15) is 21.7 Å². The van der Waals surface area contributed by atoms with Crippen LogP contribution in [0.15, 0.2) is 12.4 Å². The molecule has 0 N–H and O–H groups in total. The summed E-state index contributed by atoms with van der Waals surface area (Å²) in [6.45, 7) is 1.81. The van der Waals surface area contributed by atoms with Crippen LogP contribution in [0.5, 0.6) is 5.88 Å². The minimum Gasteiger partial charge on any atom is -0.481 e. The predicted octanol–water partition coefficient (Wildman–Crippen LogP) is 1.61. The normalized spacial score (nSPS) is 10.5. The molecule has 0 fully saturated rings. The molecule has 6 nitrogen and oxygen atoms in total. The Balaban J connectivity index is 2.25. The molecular weight excluding hydrogens is 268 g/mol. The molecule has 0 spiro atoms. The molecule has 2 aromatic heterocycles. The first kappa shape index (κ1) is 13.5. The quantitative estimate of drug-likeness (QED) is 0.796. The number of methoxy groups -OCH3 is 1. The molecule has 2 heterocycles. The number of aryl methyl sites for hydroxylation is 2. The van der Waals surface area contributed by atoms with E-state index in [0.29, 0.717) is 22.3 Å². The summed E-state index contributed by atoms with van der Waals surface area (Å²) in [5.74, 6) is 0.200. The summed E-state index contributed by atoms with van der Waals surface area (Å²) in [6.07, 6.45) is 1.45. The number of halogens is 1. The van der Waals surface area contributed by atoms with Gasteiger partial charge in [-0.25, -0.2) is 9.97 Å². The van der Waals surface area contributed by atoms with Crippen molar-refractivity contribution in [2.24, 2.45) is 7.05 Å². The summed E-state index contributed by atoms with van der Waals surface area (Å²) in [7, 11) is 3.22.